The number of carbonyl (C=O) groups is 2. The molecular formula is C25H26ClN3O5. The van der Waals surface area contributed by atoms with Crippen LogP contribution in [0.3, 0.4) is 0 Å². The first-order valence-electron chi connectivity index (χ1n) is 10.7. The molecule has 3 rings (SSSR count). The van der Waals surface area contributed by atoms with E-state index in [1.54, 1.807) is 32.0 Å². The molecular weight excluding hydrogens is 458 g/mol. The van der Waals surface area contributed by atoms with Gasteiger partial charge in [-0.1, -0.05) is 48.0 Å². The predicted octanol–water partition coefficient (Wildman–Crippen LogP) is 4.54. The van der Waals surface area contributed by atoms with Gasteiger partial charge in [-0.15, -0.1) is 0 Å². The minimum absolute atomic E-state index is 0.134. The highest BCUT2D eigenvalue weighted by molar-refractivity contribution is 6.33. The number of benzene rings is 2. The minimum atomic E-state index is -0.766. The van der Waals surface area contributed by atoms with Gasteiger partial charge in [-0.3, -0.25) is 9.59 Å². The molecule has 0 bridgehead atoms. The van der Waals surface area contributed by atoms with E-state index in [1.165, 1.54) is 17.8 Å². The Hall–Kier alpha value is -3.78. The van der Waals surface area contributed by atoms with Crippen molar-refractivity contribution in [1.29, 1.82) is 0 Å². The minimum Gasteiger partial charge on any atom is -0.505 e. The van der Waals surface area contributed by atoms with Crippen molar-refractivity contribution in [1.82, 2.24) is 9.88 Å². The second kappa shape index (κ2) is 10.9. The lowest BCUT2D eigenvalue weighted by atomic mass is 9.98. The number of aromatic nitrogens is 1. The average molecular weight is 484 g/mol. The van der Waals surface area contributed by atoms with Crippen molar-refractivity contribution in [2.24, 2.45) is 7.05 Å². The first kappa shape index (κ1) is 24.9. The molecule has 3 N–H and O–H groups in total. The van der Waals surface area contributed by atoms with E-state index in [-0.39, 0.29) is 24.5 Å². The van der Waals surface area contributed by atoms with E-state index in [9.17, 15) is 19.5 Å². The molecule has 1 unspecified atom stereocenters. The number of nitrogens with zero attached hydrogens (tertiary/aromatic N) is 1. The number of anilines is 1. The molecule has 9 heteroatoms. The van der Waals surface area contributed by atoms with Gasteiger partial charge in [-0.25, -0.2) is 4.79 Å². The number of amides is 2. The molecule has 0 saturated carbocycles. The summed E-state index contributed by atoms with van der Waals surface area (Å²) in [6, 6.07) is 13.1. The van der Waals surface area contributed by atoms with Gasteiger partial charge in [0, 0.05) is 29.4 Å². The average Bonchev–Trinajstić information content (AvgIpc) is 2.81. The number of esters is 1. The van der Waals surface area contributed by atoms with Crippen molar-refractivity contribution in [3.05, 3.63) is 81.2 Å². The van der Waals surface area contributed by atoms with E-state index in [1.807, 2.05) is 30.3 Å². The maximum absolute atomic E-state index is 12.8. The molecule has 0 radical (unpaired) electrons. The summed E-state index contributed by atoms with van der Waals surface area (Å²) < 4.78 is 6.33. The second-order valence-electron chi connectivity index (χ2n) is 7.72. The largest absolute Gasteiger partial charge is 0.505 e. The van der Waals surface area contributed by atoms with Crippen LogP contribution in [0.25, 0.3) is 11.1 Å². The summed E-state index contributed by atoms with van der Waals surface area (Å²) in [5.74, 6) is -0.814. The quantitative estimate of drug-likeness (QED) is 0.427. The van der Waals surface area contributed by atoms with Gasteiger partial charge in [0.05, 0.1) is 19.1 Å². The molecule has 1 aromatic heterocycles. The summed E-state index contributed by atoms with van der Waals surface area (Å²) in [7, 11) is 1.52. The first-order valence-corrected chi connectivity index (χ1v) is 11.1. The van der Waals surface area contributed by atoms with E-state index in [4.69, 9.17) is 16.3 Å². The molecule has 0 spiro atoms. The van der Waals surface area contributed by atoms with Gasteiger partial charge >= 0.3 is 12.0 Å². The van der Waals surface area contributed by atoms with Crippen LogP contribution in [0.5, 0.6) is 5.75 Å². The van der Waals surface area contributed by atoms with Crippen molar-refractivity contribution in [3.8, 4) is 16.9 Å². The number of nitrogens with one attached hydrogen (secondary N) is 2. The molecule has 0 aliphatic heterocycles. The Balaban J connectivity index is 1.91. The van der Waals surface area contributed by atoms with E-state index in [0.717, 1.165) is 11.1 Å². The number of hydrogen-bond acceptors (Lipinski definition) is 5. The number of halogens is 1. The Kier molecular flexibility index (Phi) is 7.96. The van der Waals surface area contributed by atoms with Crippen molar-refractivity contribution in [3.63, 3.8) is 0 Å². The third-order valence-electron chi connectivity index (χ3n) is 5.23. The van der Waals surface area contributed by atoms with Crippen LogP contribution in [0.1, 0.15) is 30.5 Å². The van der Waals surface area contributed by atoms with Crippen molar-refractivity contribution in [2.45, 2.75) is 26.3 Å². The zero-order valence-electron chi connectivity index (χ0n) is 19.1. The van der Waals surface area contributed by atoms with Gasteiger partial charge in [0.1, 0.15) is 5.75 Å². The smallest absolute Gasteiger partial charge is 0.319 e. The van der Waals surface area contributed by atoms with Crippen LogP contribution >= 0.6 is 11.6 Å². The number of pyridine rings is 1. The normalized spacial score (nSPS) is 11.5. The van der Waals surface area contributed by atoms with Gasteiger partial charge < -0.3 is 25.0 Å². The van der Waals surface area contributed by atoms with Crippen molar-refractivity contribution < 1.29 is 19.4 Å². The maximum Gasteiger partial charge on any atom is 0.319 e. The lowest BCUT2D eigenvalue weighted by molar-refractivity contribution is -0.143. The fourth-order valence-corrected chi connectivity index (χ4v) is 3.81. The van der Waals surface area contributed by atoms with Gasteiger partial charge in [0.15, 0.2) is 5.69 Å². The standard InChI is InChI=1S/C25H26ClN3O5/c1-4-34-21(30)13-20(17-9-7-8-16(12-17)18-10-5-6-11-19(18)26)27-25(33)28-22-23(31)15(2)14-29(3)24(22)32/h5-12,14,20,31H,4,13H2,1-3H3,(H2,27,28,33). The third-order valence-corrected chi connectivity index (χ3v) is 5.56. The zero-order valence-corrected chi connectivity index (χ0v) is 19.8. The van der Waals surface area contributed by atoms with Crippen molar-refractivity contribution >= 4 is 29.3 Å². The molecule has 0 aliphatic rings. The highest BCUT2D eigenvalue weighted by Gasteiger charge is 2.22. The molecule has 0 aliphatic carbocycles. The fourth-order valence-electron chi connectivity index (χ4n) is 3.56. The summed E-state index contributed by atoms with van der Waals surface area (Å²) in [5.41, 5.74) is 1.86. The molecule has 2 amide bonds. The Morgan fingerprint density at radius 3 is 2.62 bits per heavy atom. The maximum atomic E-state index is 12.8. The fraction of sp³-hybridized carbons (Fsp3) is 0.240. The molecule has 1 atom stereocenters. The van der Waals surface area contributed by atoms with Gasteiger partial charge in [0.25, 0.3) is 5.56 Å². The van der Waals surface area contributed by atoms with Gasteiger partial charge in [-0.05, 0) is 37.1 Å². The predicted molar refractivity (Wildman–Crippen MR) is 131 cm³/mol. The number of urea groups is 1. The molecule has 34 heavy (non-hydrogen) atoms. The van der Waals surface area contributed by atoms with Crippen LogP contribution in [-0.2, 0) is 16.6 Å². The molecule has 2 aromatic carbocycles. The summed E-state index contributed by atoms with van der Waals surface area (Å²) in [6.45, 7) is 3.51. The monoisotopic (exact) mass is 483 g/mol. The molecule has 178 valence electrons. The molecule has 1 heterocycles. The Bertz CT molecular complexity index is 1270. The van der Waals surface area contributed by atoms with E-state index >= 15 is 0 Å². The van der Waals surface area contributed by atoms with Crippen LogP contribution in [0.4, 0.5) is 10.5 Å². The van der Waals surface area contributed by atoms with Gasteiger partial charge in [0.2, 0.25) is 0 Å². The molecule has 8 nitrogen and oxygen atoms in total. The number of aromatic hydroxyl groups is 1. The number of carbonyl (C=O) groups excluding carboxylic acids is 2. The summed E-state index contributed by atoms with van der Waals surface area (Å²) in [4.78, 5) is 37.5. The Morgan fingerprint density at radius 2 is 1.91 bits per heavy atom. The van der Waals surface area contributed by atoms with Crippen molar-refractivity contribution in [2.75, 3.05) is 11.9 Å². The summed E-state index contributed by atoms with van der Waals surface area (Å²) in [5, 5.41) is 16.0. The number of aryl methyl sites for hydroxylation is 2. The van der Waals surface area contributed by atoms with E-state index in [0.29, 0.717) is 16.1 Å². The first-order chi connectivity index (χ1) is 16.2. The van der Waals surface area contributed by atoms with Crippen LogP contribution in [0.2, 0.25) is 5.02 Å². The highest BCUT2D eigenvalue weighted by Crippen LogP contribution is 2.30. The van der Waals surface area contributed by atoms with Crippen LogP contribution in [0, 0.1) is 6.92 Å². The molecule has 0 saturated heterocycles. The Labute approximate surface area is 202 Å². The van der Waals surface area contributed by atoms with E-state index < -0.39 is 23.6 Å². The molecule has 3 aromatic rings. The molecule has 0 fully saturated rings. The number of hydrogen-bond donors (Lipinski definition) is 3. The van der Waals surface area contributed by atoms with Crippen LogP contribution in [0.15, 0.2) is 59.5 Å². The lowest BCUT2D eigenvalue weighted by Crippen LogP contribution is -2.36. The topological polar surface area (TPSA) is 110 Å². The Morgan fingerprint density at radius 1 is 1.18 bits per heavy atom. The SMILES string of the molecule is CCOC(=O)CC(NC(=O)Nc1c(O)c(C)cn(C)c1=O)c1cccc(-c2ccccc2Cl)c1. The number of rotatable bonds is 7. The van der Waals surface area contributed by atoms with E-state index in [2.05, 4.69) is 10.6 Å². The van der Waals surface area contributed by atoms with Crippen LogP contribution < -0.4 is 16.2 Å². The number of ether oxygens (including phenoxy) is 1. The highest BCUT2D eigenvalue weighted by atomic mass is 35.5. The summed E-state index contributed by atoms with van der Waals surface area (Å²) in [6.07, 6.45) is 1.33. The lowest BCUT2D eigenvalue weighted by Gasteiger charge is -2.20. The summed E-state index contributed by atoms with van der Waals surface area (Å²) >= 11 is 6.34. The third kappa shape index (κ3) is 5.77. The zero-order chi connectivity index (χ0) is 24.8. The second-order valence-corrected chi connectivity index (χ2v) is 8.12. The van der Waals surface area contributed by atoms with Crippen LogP contribution in [-0.4, -0.2) is 28.3 Å². The van der Waals surface area contributed by atoms with Gasteiger partial charge in [-0.2, -0.15) is 0 Å².